The van der Waals surface area contributed by atoms with Gasteiger partial charge in [-0.1, -0.05) is 48.0 Å². The molecular formula is C26H21N3O3. The van der Waals surface area contributed by atoms with Gasteiger partial charge in [-0.15, -0.1) is 0 Å². The van der Waals surface area contributed by atoms with E-state index in [-0.39, 0.29) is 11.8 Å². The fourth-order valence-corrected chi connectivity index (χ4v) is 4.60. The third kappa shape index (κ3) is 3.06. The molecule has 0 aromatic heterocycles. The lowest BCUT2D eigenvalue weighted by atomic mass is 9.90. The summed E-state index contributed by atoms with van der Waals surface area (Å²) in [6.07, 6.45) is -0.913. The minimum atomic E-state index is -0.913. The molecule has 0 saturated carbocycles. The number of nitrogens with zero attached hydrogens (tertiary/aromatic N) is 3. The van der Waals surface area contributed by atoms with Crippen LogP contribution in [-0.4, -0.2) is 17.9 Å². The van der Waals surface area contributed by atoms with Crippen LogP contribution in [0.2, 0.25) is 0 Å². The van der Waals surface area contributed by atoms with Crippen LogP contribution < -0.4 is 9.96 Å². The average molecular weight is 423 g/mol. The highest BCUT2D eigenvalue weighted by Gasteiger charge is 2.60. The zero-order chi connectivity index (χ0) is 22.4. The highest BCUT2D eigenvalue weighted by molar-refractivity contribution is 6.24. The van der Waals surface area contributed by atoms with E-state index in [1.165, 1.54) is 4.90 Å². The second-order valence-electron chi connectivity index (χ2n) is 8.19. The molecule has 3 aromatic carbocycles. The number of anilines is 2. The largest absolute Gasteiger partial charge is 0.273 e. The summed E-state index contributed by atoms with van der Waals surface area (Å²) in [5.74, 6) is -1.33. The molecule has 0 bridgehead atoms. The van der Waals surface area contributed by atoms with E-state index in [0.717, 1.165) is 22.4 Å². The maximum atomic E-state index is 13.7. The van der Waals surface area contributed by atoms with E-state index < -0.39 is 18.1 Å². The SMILES string of the molecule is Cc1ccc(N2C(=O)[C@H]3[C@H](ON(c4ccccc4)[C@H]3c3ccc(C#N)cc3)C2=O)c(C)c1. The van der Waals surface area contributed by atoms with E-state index in [2.05, 4.69) is 6.07 Å². The van der Waals surface area contributed by atoms with Gasteiger partial charge in [0.05, 0.1) is 29.0 Å². The molecule has 158 valence electrons. The number of nitriles is 1. The average Bonchev–Trinajstić information content (AvgIpc) is 3.31. The van der Waals surface area contributed by atoms with Crippen molar-refractivity contribution in [3.63, 3.8) is 0 Å². The number of hydrogen-bond acceptors (Lipinski definition) is 5. The van der Waals surface area contributed by atoms with Crippen LogP contribution in [0.4, 0.5) is 11.4 Å². The van der Waals surface area contributed by atoms with Crippen molar-refractivity contribution in [1.82, 2.24) is 0 Å². The Kier molecular flexibility index (Phi) is 4.76. The first-order valence-corrected chi connectivity index (χ1v) is 10.5. The van der Waals surface area contributed by atoms with Gasteiger partial charge in [-0.25, -0.2) is 9.96 Å². The van der Waals surface area contributed by atoms with Crippen LogP contribution in [-0.2, 0) is 14.4 Å². The molecule has 0 N–H and O–H groups in total. The molecule has 0 radical (unpaired) electrons. The molecule has 2 amide bonds. The Balaban J connectivity index is 1.59. The van der Waals surface area contributed by atoms with E-state index in [4.69, 9.17) is 10.1 Å². The zero-order valence-corrected chi connectivity index (χ0v) is 17.7. The van der Waals surface area contributed by atoms with Gasteiger partial charge in [0.2, 0.25) is 5.91 Å². The van der Waals surface area contributed by atoms with Gasteiger partial charge in [-0.05, 0) is 55.3 Å². The number of carbonyl (C=O) groups is 2. The standard InChI is InChI=1S/C26H21N3O3/c1-16-8-13-21(17(2)14-16)28-25(30)22-23(19-11-9-18(15-27)10-12-19)29(32-24(22)26(28)31)20-6-4-3-5-7-20/h3-14,22-24H,1-2H3/t22-,23+,24+/m1/s1. The minimum Gasteiger partial charge on any atom is -0.273 e. The van der Waals surface area contributed by atoms with Crippen molar-refractivity contribution < 1.29 is 14.4 Å². The summed E-state index contributed by atoms with van der Waals surface area (Å²) in [7, 11) is 0. The maximum Gasteiger partial charge on any atom is 0.266 e. The Morgan fingerprint density at radius 3 is 2.28 bits per heavy atom. The van der Waals surface area contributed by atoms with Crippen molar-refractivity contribution in [2.45, 2.75) is 26.0 Å². The summed E-state index contributed by atoms with van der Waals surface area (Å²) in [4.78, 5) is 34.5. The predicted octanol–water partition coefficient (Wildman–Crippen LogP) is 4.23. The normalized spacial score (nSPS) is 22.2. The van der Waals surface area contributed by atoms with Crippen molar-refractivity contribution in [1.29, 1.82) is 5.26 Å². The Morgan fingerprint density at radius 2 is 1.62 bits per heavy atom. The number of para-hydroxylation sites is 1. The zero-order valence-electron chi connectivity index (χ0n) is 17.7. The summed E-state index contributed by atoms with van der Waals surface area (Å²) < 4.78 is 0. The first kappa shape index (κ1) is 20.0. The first-order valence-electron chi connectivity index (χ1n) is 10.5. The van der Waals surface area contributed by atoms with Crippen molar-refractivity contribution in [3.05, 3.63) is 95.1 Å². The third-order valence-electron chi connectivity index (χ3n) is 6.10. The molecule has 0 spiro atoms. The monoisotopic (exact) mass is 423 g/mol. The topological polar surface area (TPSA) is 73.6 Å². The molecule has 3 atom stereocenters. The highest BCUT2D eigenvalue weighted by atomic mass is 16.7. The Bertz CT molecular complexity index is 1250. The smallest absolute Gasteiger partial charge is 0.266 e. The van der Waals surface area contributed by atoms with Crippen molar-refractivity contribution in [2.75, 3.05) is 9.96 Å². The Labute approximate surface area is 186 Å². The number of aryl methyl sites for hydroxylation is 2. The van der Waals surface area contributed by atoms with Crippen LogP contribution in [0.5, 0.6) is 0 Å². The van der Waals surface area contributed by atoms with E-state index in [1.807, 2.05) is 74.5 Å². The molecule has 3 aromatic rings. The fourth-order valence-electron chi connectivity index (χ4n) is 4.60. The number of hydrogen-bond donors (Lipinski definition) is 0. The van der Waals surface area contributed by atoms with Crippen LogP contribution in [0.3, 0.4) is 0 Å². The minimum absolute atomic E-state index is 0.278. The van der Waals surface area contributed by atoms with Crippen molar-refractivity contribution in [2.24, 2.45) is 5.92 Å². The third-order valence-corrected chi connectivity index (χ3v) is 6.10. The maximum absolute atomic E-state index is 13.7. The number of carbonyl (C=O) groups excluding carboxylic acids is 2. The van der Waals surface area contributed by atoms with E-state index in [1.54, 1.807) is 17.2 Å². The second kappa shape index (κ2) is 7.63. The van der Waals surface area contributed by atoms with Gasteiger partial charge in [0.15, 0.2) is 6.10 Å². The second-order valence-corrected chi connectivity index (χ2v) is 8.19. The van der Waals surface area contributed by atoms with Gasteiger partial charge >= 0.3 is 0 Å². The Morgan fingerprint density at radius 1 is 0.906 bits per heavy atom. The van der Waals surface area contributed by atoms with Crippen LogP contribution in [0.25, 0.3) is 0 Å². The summed E-state index contributed by atoms with van der Waals surface area (Å²) in [5.41, 5.74) is 4.61. The molecule has 2 heterocycles. The quantitative estimate of drug-likeness (QED) is 0.590. The molecule has 2 aliphatic rings. The number of benzene rings is 3. The summed E-state index contributed by atoms with van der Waals surface area (Å²) >= 11 is 0. The predicted molar refractivity (Wildman–Crippen MR) is 120 cm³/mol. The lowest BCUT2D eigenvalue weighted by Crippen LogP contribution is -2.37. The van der Waals surface area contributed by atoms with Crippen LogP contribution >= 0.6 is 0 Å². The molecule has 5 rings (SSSR count). The molecule has 2 aliphatic heterocycles. The molecule has 2 saturated heterocycles. The molecule has 6 nitrogen and oxygen atoms in total. The number of rotatable bonds is 3. The number of amides is 2. The van der Waals surface area contributed by atoms with Gasteiger partial charge in [-0.3, -0.25) is 14.4 Å². The van der Waals surface area contributed by atoms with E-state index in [0.29, 0.717) is 11.3 Å². The summed E-state index contributed by atoms with van der Waals surface area (Å²) in [6.45, 7) is 3.87. The summed E-state index contributed by atoms with van der Waals surface area (Å²) in [5, 5.41) is 10.8. The van der Waals surface area contributed by atoms with E-state index >= 15 is 0 Å². The van der Waals surface area contributed by atoms with Gasteiger partial charge in [0.1, 0.15) is 5.92 Å². The van der Waals surface area contributed by atoms with Crippen molar-refractivity contribution >= 4 is 23.2 Å². The molecule has 0 aliphatic carbocycles. The van der Waals surface area contributed by atoms with Gasteiger partial charge in [0.25, 0.3) is 5.91 Å². The molecule has 2 fully saturated rings. The van der Waals surface area contributed by atoms with Gasteiger partial charge < -0.3 is 0 Å². The lowest BCUT2D eigenvalue weighted by Gasteiger charge is -2.29. The first-order chi connectivity index (χ1) is 15.5. The van der Waals surface area contributed by atoms with Crippen molar-refractivity contribution in [3.8, 4) is 6.07 Å². The van der Waals surface area contributed by atoms with Gasteiger partial charge in [0, 0.05) is 0 Å². The van der Waals surface area contributed by atoms with Crippen LogP contribution in [0.15, 0.2) is 72.8 Å². The number of imide groups is 1. The fraction of sp³-hybridized carbons (Fsp3) is 0.192. The molecule has 32 heavy (non-hydrogen) atoms. The molecular weight excluding hydrogens is 402 g/mol. The number of fused-ring (bicyclic) bond motifs is 1. The van der Waals surface area contributed by atoms with E-state index in [9.17, 15) is 9.59 Å². The highest BCUT2D eigenvalue weighted by Crippen LogP contribution is 2.47. The molecule has 6 heteroatoms. The van der Waals surface area contributed by atoms with Crippen LogP contribution in [0.1, 0.15) is 28.3 Å². The van der Waals surface area contributed by atoms with Crippen LogP contribution in [0, 0.1) is 31.1 Å². The summed E-state index contributed by atoms with van der Waals surface area (Å²) in [6, 6.07) is 23.8. The van der Waals surface area contributed by atoms with Gasteiger partial charge in [-0.2, -0.15) is 5.26 Å². The molecule has 0 unspecified atom stereocenters. The number of hydroxylamine groups is 1. The lowest BCUT2D eigenvalue weighted by molar-refractivity contribution is -0.126. The Hall–Kier alpha value is -3.95.